The van der Waals surface area contributed by atoms with Crippen molar-refractivity contribution < 1.29 is 28.2 Å². The van der Waals surface area contributed by atoms with Crippen molar-refractivity contribution in [3.8, 4) is 5.75 Å². The van der Waals surface area contributed by atoms with Gasteiger partial charge in [-0.05, 0) is 37.1 Å². The van der Waals surface area contributed by atoms with Gasteiger partial charge in [0.05, 0.1) is 5.92 Å². The molecule has 21 heavy (non-hydrogen) atoms. The van der Waals surface area contributed by atoms with E-state index < -0.39 is 18.5 Å². The topological polar surface area (TPSA) is 66.8 Å². The van der Waals surface area contributed by atoms with Crippen molar-refractivity contribution in [3.05, 3.63) is 29.8 Å². The number of aliphatic carboxylic acids is 1. The highest BCUT2D eigenvalue weighted by Gasteiger charge is 2.28. The summed E-state index contributed by atoms with van der Waals surface area (Å²) < 4.78 is 28.3. The molecule has 1 aliphatic heterocycles. The van der Waals surface area contributed by atoms with Gasteiger partial charge in [-0.25, -0.2) is 0 Å². The second-order valence-corrected chi connectivity index (χ2v) is 4.83. The summed E-state index contributed by atoms with van der Waals surface area (Å²) >= 11 is 0. The van der Waals surface area contributed by atoms with E-state index in [4.69, 9.17) is 5.11 Å². The quantitative estimate of drug-likeness (QED) is 0.925. The van der Waals surface area contributed by atoms with E-state index in [0.29, 0.717) is 24.9 Å². The average Bonchev–Trinajstić information content (AvgIpc) is 2.47. The zero-order chi connectivity index (χ0) is 15.4. The molecule has 0 aliphatic carbocycles. The maximum atomic E-state index is 12.2. The summed E-state index contributed by atoms with van der Waals surface area (Å²) in [4.78, 5) is 24.7. The van der Waals surface area contributed by atoms with Gasteiger partial charge >= 0.3 is 12.6 Å². The van der Waals surface area contributed by atoms with Gasteiger partial charge in [0.1, 0.15) is 5.75 Å². The number of carboxylic acid groups (broad SMARTS) is 1. The Morgan fingerprint density at radius 1 is 1.29 bits per heavy atom. The molecule has 1 amide bonds. The summed E-state index contributed by atoms with van der Waals surface area (Å²) in [7, 11) is 0. The number of piperidine rings is 1. The van der Waals surface area contributed by atoms with Crippen molar-refractivity contribution in [2.45, 2.75) is 19.5 Å². The van der Waals surface area contributed by atoms with Gasteiger partial charge in [0.25, 0.3) is 5.91 Å². The first-order valence-corrected chi connectivity index (χ1v) is 6.54. The van der Waals surface area contributed by atoms with Crippen LogP contribution in [0.4, 0.5) is 8.78 Å². The van der Waals surface area contributed by atoms with Gasteiger partial charge in [0, 0.05) is 18.7 Å². The molecule has 1 aromatic carbocycles. The standard InChI is InChI=1S/C14H15F2NO4/c15-14(16)21-11-5-3-9(4-6-11)12(18)17-7-1-2-10(8-17)13(19)20/h3-6,10,14H,1-2,7-8H2,(H,19,20). The first kappa shape index (κ1) is 15.2. The van der Waals surface area contributed by atoms with Crippen LogP contribution in [0.25, 0.3) is 0 Å². The second kappa shape index (κ2) is 6.51. The highest BCUT2D eigenvalue weighted by Crippen LogP contribution is 2.20. The molecule has 0 aromatic heterocycles. The van der Waals surface area contributed by atoms with Crippen LogP contribution in [0, 0.1) is 5.92 Å². The van der Waals surface area contributed by atoms with Crippen LogP contribution < -0.4 is 4.74 Å². The zero-order valence-electron chi connectivity index (χ0n) is 11.2. The minimum absolute atomic E-state index is 0.0244. The van der Waals surface area contributed by atoms with E-state index in [-0.39, 0.29) is 18.2 Å². The molecule has 7 heteroatoms. The smallest absolute Gasteiger partial charge is 0.387 e. The Labute approximate surface area is 120 Å². The predicted molar refractivity (Wildman–Crippen MR) is 69.3 cm³/mol. The van der Waals surface area contributed by atoms with Crippen LogP contribution in [0.3, 0.4) is 0 Å². The highest BCUT2D eigenvalue weighted by molar-refractivity contribution is 5.94. The maximum absolute atomic E-state index is 12.2. The summed E-state index contributed by atoms with van der Waals surface area (Å²) in [6, 6.07) is 5.37. The molecule has 5 nitrogen and oxygen atoms in total. The summed E-state index contributed by atoms with van der Waals surface area (Å²) in [6.07, 6.45) is 1.19. The van der Waals surface area contributed by atoms with Crippen LogP contribution >= 0.6 is 0 Å². The molecule has 1 aromatic rings. The van der Waals surface area contributed by atoms with Crippen molar-refractivity contribution in [1.82, 2.24) is 4.90 Å². The molecule has 0 radical (unpaired) electrons. The van der Waals surface area contributed by atoms with Crippen LogP contribution in [-0.2, 0) is 4.79 Å². The molecule has 1 atom stereocenters. The number of benzene rings is 1. The minimum Gasteiger partial charge on any atom is -0.481 e. The number of carboxylic acids is 1. The van der Waals surface area contributed by atoms with E-state index in [2.05, 4.69) is 4.74 Å². The molecular weight excluding hydrogens is 284 g/mol. The molecule has 1 fully saturated rings. The molecule has 1 N–H and O–H groups in total. The predicted octanol–water partition coefficient (Wildman–Crippen LogP) is 2.22. The van der Waals surface area contributed by atoms with Gasteiger partial charge in [-0.15, -0.1) is 0 Å². The van der Waals surface area contributed by atoms with E-state index in [9.17, 15) is 18.4 Å². The number of likely N-dealkylation sites (tertiary alicyclic amines) is 1. The van der Waals surface area contributed by atoms with E-state index in [0.717, 1.165) is 0 Å². The molecule has 1 aliphatic rings. The number of carbonyl (C=O) groups is 2. The van der Waals surface area contributed by atoms with Crippen molar-refractivity contribution in [1.29, 1.82) is 0 Å². The minimum atomic E-state index is -2.91. The number of alkyl halides is 2. The summed E-state index contributed by atoms with van der Waals surface area (Å²) in [5, 5.41) is 9.00. The lowest BCUT2D eigenvalue weighted by Gasteiger charge is -2.30. The first-order valence-electron chi connectivity index (χ1n) is 6.54. The maximum Gasteiger partial charge on any atom is 0.387 e. The number of rotatable bonds is 4. The number of carbonyl (C=O) groups excluding carboxylic acids is 1. The van der Waals surface area contributed by atoms with Gasteiger partial charge in [0.2, 0.25) is 0 Å². The van der Waals surface area contributed by atoms with Crippen molar-refractivity contribution >= 4 is 11.9 Å². The molecular formula is C14H15F2NO4. The van der Waals surface area contributed by atoms with Crippen molar-refractivity contribution in [3.63, 3.8) is 0 Å². The molecule has 0 spiro atoms. The molecule has 1 heterocycles. The van der Waals surface area contributed by atoms with Crippen molar-refractivity contribution in [2.75, 3.05) is 13.1 Å². The highest BCUT2D eigenvalue weighted by atomic mass is 19.3. The second-order valence-electron chi connectivity index (χ2n) is 4.83. The number of nitrogens with zero attached hydrogens (tertiary/aromatic N) is 1. The third kappa shape index (κ3) is 3.90. The van der Waals surface area contributed by atoms with Crippen LogP contribution in [-0.4, -0.2) is 41.6 Å². The summed E-state index contributed by atoms with van der Waals surface area (Å²) in [5.41, 5.74) is 0.322. The van der Waals surface area contributed by atoms with Crippen LogP contribution in [0.15, 0.2) is 24.3 Å². The Bertz CT molecular complexity index is 518. The fourth-order valence-electron chi connectivity index (χ4n) is 2.32. The van der Waals surface area contributed by atoms with Gasteiger partial charge in [-0.3, -0.25) is 9.59 Å². The van der Waals surface area contributed by atoms with Crippen LogP contribution in [0.2, 0.25) is 0 Å². The zero-order valence-corrected chi connectivity index (χ0v) is 11.2. The fraction of sp³-hybridized carbons (Fsp3) is 0.429. The van der Waals surface area contributed by atoms with Crippen LogP contribution in [0.1, 0.15) is 23.2 Å². The third-order valence-electron chi connectivity index (χ3n) is 3.38. The molecule has 1 saturated heterocycles. The molecule has 114 valence electrons. The van der Waals surface area contributed by atoms with Crippen molar-refractivity contribution in [2.24, 2.45) is 5.92 Å². The Kier molecular flexibility index (Phi) is 4.72. The largest absolute Gasteiger partial charge is 0.481 e. The number of hydrogen-bond acceptors (Lipinski definition) is 3. The molecule has 2 rings (SSSR count). The SMILES string of the molecule is O=C(O)C1CCCN(C(=O)c2ccc(OC(F)F)cc2)C1. The normalized spacial score (nSPS) is 18.6. The van der Waals surface area contributed by atoms with Crippen LogP contribution in [0.5, 0.6) is 5.75 Å². The monoisotopic (exact) mass is 299 g/mol. The molecule has 0 saturated carbocycles. The summed E-state index contributed by atoms with van der Waals surface area (Å²) in [6.45, 7) is -2.24. The number of amides is 1. The van der Waals surface area contributed by atoms with Gasteiger partial charge < -0.3 is 14.7 Å². The fourth-order valence-corrected chi connectivity index (χ4v) is 2.32. The van der Waals surface area contributed by atoms with Gasteiger partial charge in [-0.1, -0.05) is 0 Å². The Morgan fingerprint density at radius 3 is 2.52 bits per heavy atom. The number of ether oxygens (including phenoxy) is 1. The van der Waals surface area contributed by atoms with E-state index in [1.165, 1.54) is 29.2 Å². The third-order valence-corrected chi connectivity index (χ3v) is 3.38. The van der Waals surface area contributed by atoms with Gasteiger partial charge in [-0.2, -0.15) is 8.78 Å². The first-order chi connectivity index (χ1) is 9.97. The average molecular weight is 299 g/mol. The lowest BCUT2D eigenvalue weighted by Crippen LogP contribution is -2.42. The Morgan fingerprint density at radius 2 is 1.95 bits per heavy atom. The number of hydrogen-bond donors (Lipinski definition) is 1. The molecule has 0 bridgehead atoms. The van der Waals surface area contributed by atoms with E-state index in [1.807, 2.05) is 0 Å². The Hall–Kier alpha value is -2.18. The van der Waals surface area contributed by atoms with E-state index >= 15 is 0 Å². The molecule has 1 unspecified atom stereocenters. The van der Waals surface area contributed by atoms with Gasteiger partial charge in [0.15, 0.2) is 0 Å². The lowest BCUT2D eigenvalue weighted by molar-refractivity contribution is -0.143. The number of halogens is 2. The Balaban J connectivity index is 2.03. The lowest BCUT2D eigenvalue weighted by atomic mass is 9.97. The van der Waals surface area contributed by atoms with E-state index in [1.54, 1.807) is 0 Å². The summed E-state index contributed by atoms with van der Waals surface area (Å²) in [5.74, 6) is -1.79.